The molecule has 7 aromatic rings. The molecule has 250 valence electrons. The van der Waals surface area contributed by atoms with Crippen molar-refractivity contribution < 1.29 is 0 Å². The van der Waals surface area contributed by atoms with Crippen molar-refractivity contribution in [1.82, 2.24) is 0 Å². The van der Waals surface area contributed by atoms with E-state index in [0.717, 1.165) is 5.69 Å². The standard InChI is InChI=1S/C50H45N/c1-34-13-7-9-17-42(34)49-43-18-10-8-16-37(43)25-31-44(49)38-23-28-40(29-24-38)51(39-26-21-36(22-27-39)35-14-5-4-6-15-35)41-30-32-46-45-19-11-12-20-47(45)50(2,3)48(46)33-41/h7-13,16-33,35H,4-6,14-15H2,1-3H3. The summed E-state index contributed by atoms with van der Waals surface area (Å²) in [6.07, 6.45) is 6.69. The summed E-state index contributed by atoms with van der Waals surface area (Å²) in [6, 6.07) is 56.9. The summed E-state index contributed by atoms with van der Waals surface area (Å²) in [6.45, 7) is 6.96. The summed E-state index contributed by atoms with van der Waals surface area (Å²) in [5.41, 5.74) is 16.8. The number of hydrogen-bond acceptors (Lipinski definition) is 1. The van der Waals surface area contributed by atoms with Gasteiger partial charge in [-0.15, -0.1) is 0 Å². The lowest BCUT2D eigenvalue weighted by atomic mass is 9.82. The Balaban J connectivity index is 1.16. The van der Waals surface area contributed by atoms with E-state index in [9.17, 15) is 0 Å². The van der Waals surface area contributed by atoms with Crippen molar-refractivity contribution in [3.8, 4) is 33.4 Å². The first kappa shape index (κ1) is 31.6. The molecule has 0 N–H and O–H groups in total. The second kappa shape index (κ2) is 12.7. The SMILES string of the molecule is Cc1ccccc1-c1c(-c2ccc(N(c3ccc(C4CCCCC4)cc3)c3ccc4c(c3)C(C)(C)c3ccccc3-4)cc2)ccc2ccccc12. The van der Waals surface area contributed by atoms with Crippen molar-refractivity contribution in [3.05, 3.63) is 174 Å². The maximum absolute atomic E-state index is 2.45. The molecule has 2 aliphatic rings. The topological polar surface area (TPSA) is 3.24 Å². The minimum atomic E-state index is -0.0651. The molecule has 0 amide bonds. The van der Waals surface area contributed by atoms with Gasteiger partial charge >= 0.3 is 0 Å². The van der Waals surface area contributed by atoms with E-state index in [-0.39, 0.29) is 5.41 Å². The van der Waals surface area contributed by atoms with Crippen LogP contribution in [0.4, 0.5) is 17.1 Å². The molecule has 7 aromatic carbocycles. The molecule has 0 heterocycles. The fourth-order valence-electron chi connectivity index (χ4n) is 9.06. The van der Waals surface area contributed by atoms with Crippen LogP contribution in [0, 0.1) is 6.92 Å². The van der Waals surface area contributed by atoms with Gasteiger partial charge in [0.1, 0.15) is 0 Å². The first-order valence-corrected chi connectivity index (χ1v) is 18.8. The maximum Gasteiger partial charge on any atom is 0.0465 e. The average Bonchev–Trinajstić information content (AvgIpc) is 3.41. The number of benzene rings is 7. The Morgan fingerprint density at radius 2 is 1.12 bits per heavy atom. The number of nitrogens with zero attached hydrogens (tertiary/aromatic N) is 1. The smallest absolute Gasteiger partial charge is 0.0465 e. The molecule has 51 heavy (non-hydrogen) atoms. The van der Waals surface area contributed by atoms with Crippen molar-refractivity contribution in [2.75, 3.05) is 4.90 Å². The van der Waals surface area contributed by atoms with Crippen molar-refractivity contribution in [2.45, 2.75) is 64.2 Å². The van der Waals surface area contributed by atoms with E-state index in [1.165, 1.54) is 110 Å². The minimum Gasteiger partial charge on any atom is -0.310 e. The van der Waals surface area contributed by atoms with Gasteiger partial charge in [-0.05, 0) is 128 Å². The zero-order chi connectivity index (χ0) is 34.5. The summed E-state index contributed by atoms with van der Waals surface area (Å²) in [7, 11) is 0. The van der Waals surface area contributed by atoms with Gasteiger partial charge in [0.15, 0.2) is 0 Å². The van der Waals surface area contributed by atoms with Crippen LogP contribution in [0.3, 0.4) is 0 Å². The second-order valence-corrected chi connectivity index (χ2v) is 15.2. The summed E-state index contributed by atoms with van der Waals surface area (Å²) >= 11 is 0. The van der Waals surface area contributed by atoms with E-state index in [1.54, 1.807) is 0 Å². The molecular weight excluding hydrogens is 615 g/mol. The third-order valence-electron chi connectivity index (χ3n) is 11.8. The van der Waals surface area contributed by atoms with Crippen LogP contribution in [0.5, 0.6) is 0 Å². The molecule has 0 radical (unpaired) electrons. The highest BCUT2D eigenvalue weighted by atomic mass is 15.1. The van der Waals surface area contributed by atoms with Gasteiger partial charge in [-0.3, -0.25) is 0 Å². The van der Waals surface area contributed by atoms with Crippen molar-refractivity contribution in [2.24, 2.45) is 0 Å². The zero-order valence-electron chi connectivity index (χ0n) is 30.0. The fourth-order valence-corrected chi connectivity index (χ4v) is 9.06. The van der Waals surface area contributed by atoms with E-state index in [1.807, 2.05) is 0 Å². The summed E-state index contributed by atoms with van der Waals surface area (Å²) in [5, 5.41) is 2.55. The first-order valence-electron chi connectivity index (χ1n) is 18.8. The van der Waals surface area contributed by atoms with Gasteiger partial charge in [0.25, 0.3) is 0 Å². The summed E-state index contributed by atoms with van der Waals surface area (Å²) < 4.78 is 0. The normalized spacial score (nSPS) is 15.0. The Kier molecular flexibility index (Phi) is 7.88. The quantitative estimate of drug-likeness (QED) is 0.172. The van der Waals surface area contributed by atoms with E-state index in [2.05, 4.69) is 177 Å². The Morgan fingerprint density at radius 3 is 1.88 bits per heavy atom. The molecule has 0 aromatic heterocycles. The average molecular weight is 660 g/mol. The molecule has 9 rings (SSSR count). The molecule has 0 spiro atoms. The van der Waals surface area contributed by atoms with Gasteiger partial charge in [0, 0.05) is 22.5 Å². The van der Waals surface area contributed by atoms with Gasteiger partial charge in [-0.2, -0.15) is 0 Å². The number of fused-ring (bicyclic) bond motifs is 4. The molecule has 2 aliphatic carbocycles. The lowest BCUT2D eigenvalue weighted by Gasteiger charge is -2.29. The third-order valence-corrected chi connectivity index (χ3v) is 11.8. The first-order chi connectivity index (χ1) is 25.0. The number of anilines is 3. The van der Waals surface area contributed by atoms with E-state index in [4.69, 9.17) is 0 Å². The van der Waals surface area contributed by atoms with Gasteiger partial charge < -0.3 is 4.90 Å². The largest absolute Gasteiger partial charge is 0.310 e. The van der Waals surface area contributed by atoms with Crippen molar-refractivity contribution in [3.63, 3.8) is 0 Å². The monoisotopic (exact) mass is 659 g/mol. The Hall–Kier alpha value is -5.40. The van der Waals surface area contributed by atoms with Crippen LogP contribution in [-0.2, 0) is 5.41 Å². The zero-order valence-corrected chi connectivity index (χ0v) is 30.0. The summed E-state index contributed by atoms with van der Waals surface area (Å²) in [5.74, 6) is 0.684. The molecule has 0 unspecified atom stereocenters. The van der Waals surface area contributed by atoms with Gasteiger partial charge in [-0.25, -0.2) is 0 Å². The third kappa shape index (κ3) is 5.47. The van der Waals surface area contributed by atoms with Crippen LogP contribution < -0.4 is 4.90 Å². The van der Waals surface area contributed by atoms with E-state index >= 15 is 0 Å². The molecule has 0 saturated heterocycles. The molecule has 1 saturated carbocycles. The molecule has 0 aliphatic heterocycles. The second-order valence-electron chi connectivity index (χ2n) is 15.2. The van der Waals surface area contributed by atoms with E-state index in [0.29, 0.717) is 5.92 Å². The maximum atomic E-state index is 2.45. The lowest BCUT2D eigenvalue weighted by Crippen LogP contribution is -2.16. The highest BCUT2D eigenvalue weighted by Gasteiger charge is 2.35. The van der Waals surface area contributed by atoms with Gasteiger partial charge in [-0.1, -0.05) is 148 Å². The summed E-state index contributed by atoms with van der Waals surface area (Å²) in [4.78, 5) is 2.45. The predicted molar refractivity (Wildman–Crippen MR) is 218 cm³/mol. The van der Waals surface area contributed by atoms with Crippen LogP contribution in [0.1, 0.15) is 74.1 Å². The predicted octanol–water partition coefficient (Wildman–Crippen LogP) is 14.3. The number of aryl methyl sites for hydroxylation is 1. The number of hydrogen-bond donors (Lipinski definition) is 0. The Bertz CT molecular complexity index is 2370. The number of rotatable bonds is 6. The molecule has 1 nitrogen and oxygen atoms in total. The van der Waals surface area contributed by atoms with Gasteiger partial charge in [0.2, 0.25) is 0 Å². The van der Waals surface area contributed by atoms with Crippen molar-refractivity contribution in [1.29, 1.82) is 0 Å². The van der Waals surface area contributed by atoms with Crippen LogP contribution >= 0.6 is 0 Å². The Labute approximate surface area is 303 Å². The van der Waals surface area contributed by atoms with Crippen LogP contribution in [0.15, 0.2) is 152 Å². The molecule has 0 atom stereocenters. The molecule has 0 bridgehead atoms. The Morgan fingerprint density at radius 1 is 0.510 bits per heavy atom. The van der Waals surface area contributed by atoms with E-state index < -0.39 is 0 Å². The van der Waals surface area contributed by atoms with Crippen molar-refractivity contribution >= 4 is 27.8 Å². The lowest BCUT2D eigenvalue weighted by molar-refractivity contribution is 0.443. The molecular formula is C50H45N. The highest BCUT2D eigenvalue weighted by Crippen LogP contribution is 2.51. The fraction of sp³-hybridized carbons (Fsp3) is 0.200. The van der Waals surface area contributed by atoms with Gasteiger partial charge in [0.05, 0.1) is 0 Å². The highest BCUT2D eigenvalue weighted by molar-refractivity contribution is 6.05. The van der Waals surface area contributed by atoms with Crippen LogP contribution in [0.2, 0.25) is 0 Å². The van der Waals surface area contributed by atoms with Crippen LogP contribution in [-0.4, -0.2) is 0 Å². The van der Waals surface area contributed by atoms with Crippen LogP contribution in [0.25, 0.3) is 44.2 Å². The molecule has 1 heteroatoms. The minimum absolute atomic E-state index is 0.0651. The molecule has 1 fully saturated rings.